The van der Waals surface area contributed by atoms with Gasteiger partial charge in [0, 0.05) is 25.1 Å². The fourth-order valence-corrected chi connectivity index (χ4v) is 2.86. The lowest BCUT2D eigenvalue weighted by Crippen LogP contribution is -2.26. The lowest BCUT2D eigenvalue weighted by Gasteiger charge is -2.04. The third kappa shape index (κ3) is 3.03. The Labute approximate surface area is 150 Å². The Bertz CT molecular complexity index is 1040. The SMILES string of the molecule is CC(C)c1nc2c(C(=O)NCCc3nc4ccccc4[nH]3)cccn2n1. The van der Waals surface area contributed by atoms with E-state index in [4.69, 9.17) is 0 Å². The van der Waals surface area contributed by atoms with E-state index in [1.54, 1.807) is 22.8 Å². The number of aromatic amines is 1. The lowest BCUT2D eigenvalue weighted by atomic mass is 10.2. The van der Waals surface area contributed by atoms with Crippen LogP contribution in [0.4, 0.5) is 0 Å². The van der Waals surface area contributed by atoms with E-state index in [1.807, 2.05) is 38.1 Å². The zero-order valence-electron chi connectivity index (χ0n) is 14.7. The predicted molar refractivity (Wildman–Crippen MR) is 99.2 cm³/mol. The molecule has 0 aliphatic rings. The fourth-order valence-electron chi connectivity index (χ4n) is 2.86. The van der Waals surface area contributed by atoms with Crippen LogP contribution >= 0.6 is 0 Å². The second-order valence-corrected chi connectivity index (χ2v) is 6.52. The number of carbonyl (C=O) groups excluding carboxylic acids is 1. The number of carbonyl (C=O) groups is 1. The number of nitrogens with one attached hydrogen (secondary N) is 2. The van der Waals surface area contributed by atoms with Gasteiger partial charge in [-0.05, 0) is 24.3 Å². The van der Waals surface area contributed by atoms with Crippen molar-refractivity contribution in [2.24, 2.45) is 0 Å². The molecule has 1 amide bonds. The molecule has 2 N–H and O–H groups in total. The monoisotopic (exact) mass is 348 g/mol. The smallest absolute Gasteiger partial charge is 0.255 e. The molecule has 7 heteroatoms. The molecule has 0 fully saturated rings. The molecule has 0 unspecified atom stereocenters. The van der Waals surface area contributed by atoms with Crippen molar-refractivity contribution in [2.45, 2.75) is 26.2 Å². The number of hydrogen-bond acceptors (Lipinski definition) is 4. The molecule has 0 radical (unpaired) electrons. The molecule has 0 saturated heterocycles. The number of rotatable bonds is 5. The van der Waals surface area contributed by atoms with Gasteiger partial charge in [-0.25, -0.2) is 14.5 Å². The Balaban J connectivity index is 1.47. The van der Waals surface area contributed by atoms with E-state index in [-0.39, 0.29) is 11.8 Å². The number of nitrogens with zero attached hydrogens (tertiary/aromatic N) is 4. The molecule has 0 bridgehead atoms. The molecular weight excluding hydrogens is 328 g/mol. The summed E-state index contributed by atoms with van der Waals surface area (Å²) in [6.45, 7) is 4.55. The van der Waals surface area contributed by atoms with Gasteiger partial charge in [-0.2, -0.15) is 5.10 Å². The zero-order valence-corrected chi connectivity index (χ0v) is 14.7. The quantitative estimate of drug-likeness (QED) is 0.580. The number of benzene rings is 1. The first kappa shape index (κ1) is 16.3. The Kier molecular flexibility index (Phi) is 4.12. The molecule has 132 valence electrons. The first-order chi connectivity index (χ1) is 12.6. The van der Waals surface area contributed by atoms with Gasteiger partial charge in [-0.1, -0.05) is 26.0 Å². The number of para-hydroxylation sites is 2. The van der Waals surface area contributed by atoms with Gasteiger partial charge < -0.3 is 10.3 Å². The number of pyridine rings is 1. The normalized spacial score (nSPS) is 11.5. The maximum Gasteiger partial charge on any atom is 0.255 e. The Hall–Kier alpha value is -3.22. The molecule has 0 aliphatic carbocycles. The highest BCUT2D eigenvalue weighted by Gasteiger charge is 2.15. The van der Waals surface area contributed by atoms with Crippen molar-refractivity contribution in [1.29, 1.82) is 0 Å². The second-order valence-electron chi connectivity index (χ2n) is 6.52. The van der Waals surface area contributed by atoms with Gasteiger partial charge in [0.15, 0.2) is 11.5 Å². The van der Waals surface area contributed by atoms with Crippen LogP contribution in [0.15, 0.2) is 42.6 Å². The third-order valence-electron chi connectivity index (χ3n) is 4.23. The van der Waals surface area contributed by atoms with Crippen LogP contribution in [0.25, 0.3) is 16.7 Å². The average Bonchev–Trinajstić information content (AvgIpc) is 3.24. The van der Waals surface area contributed by atoms with Gasteiger partial charge in [0.1, 0.15) is 5.82 Å². The summed E-state index contributed by atoms with van der Waals surface area (Å²) in [6.07, 6.45) is 2.44. The molecular formula is C19H20N6O. The summed E-state index contributed by atoms with van der Waals surface area (Å²) in [4.78, 5) is 24.9. The van der Waals surface area contributed by atoms with Crippen molar-refractivity contribution in [1.82, 2.24) is 29.9 Å². The first-order valence-corrected chi connectivity index (χ1v) is 8.69. The highest BCUT2D eigenvalue weighted by molar-refractivity contribution is 5.99. The second kappa shape index (κ2) is 6.59. The van der Waals surface area contributed by atoms with Crippen LogP contribution in [0.2, 0.25) is 0 Å². The predicted octanol–water partition coefficient (Wildman–Crippen LogP) is 2.70. The molecule has 0 spiro atoms. The minimum absolute atomic E-state index is 0.158. The van der Waals surface area contributed by atoms with Gasteiger partial charge in [0.05, 0.1) is 16.6 Å². The molecule has 3 heterocycles. The van der Waals surface area contributed by atoms with Crippen molar-refractivity contribution >= 4 is 22.6 Å². The van der Waals surface area contributed by atoms with E-state index in [2.05, 4.69) is 25.4 Å². The minimum Gasteiger partial charge on any atom is -0.351 e. The number of aromatic nitrogens is 5. The van der Waals surface area contributed by atoms with E-state index in [9.17, 15) is 4.79 Å². The topological polar surface area (TPSA) is 88.0 Å². The van der Waals surface area contributed by atoms with Gasteiger partial charge in [0.2, 0.25) is 0 Å². The standard InChI is InChI=1S/C19H20N6O/c1-12(2)17-23-18-13(6-5-11-25(18)24-17)19(26)20-10-9-16-21-14-7-3-4-8-15(14)22-16/h3-8,11-12H,9-10H2,1-2H3,(H,20,26)(H,21,22). The molecule has 0 aliphatic heterocycles. The van der Waals surface area contributed by atoms with Crippen LogP contribution < -0.4 is 5.32 Å². The van der Waals surface area contributed by atoms with Crippen molar-refractivity contribution in [3.63, 3.8) is 0 Å². The van der Waals surface area contributed by atoms with E-state index < -0.39 is 0 Å². The summed E-state index contributed by atoms with van der Waals surface area (Å²) in [5.41, 5.74) is 3.04. The number of imidazole rings is 1. The highest BCUT2D eigenvalue weighted by atomic mass is 16.1. The Morgan fingerprint density at radius 3 is 2.85 bits per heavy atom. The number of amides is 1. The minimum atomic E-state index is -0.158. The van der Waals surface area contributed by atoms with Crippen molar-refractivity contribution in [2.75, 3.05) is 6.54 Å². The summed E-state index contributed by atoms with van der Waals surface area (Å²) in [5, 5.41) is 7.36. The summed E-state index contributed by atoms with van der Waals surface area (Å²) >= 11 is 0. The molecule has 0 atom stereocenters. The first-order valence-electron chi connectivity index (χ1n) is 8.69. The number of fused-ring (bicyclic) bond motifs is 2. The summed E-state index contributed by atoms with van der Waals surface area (Å²) < 4.78 is 1.66. The summed E-state index contributed by atoms with van der Waals surface area (Å²) in [7, 11) is 0. The van der Waals surface area contributed by atoms with Crippen molar-refractivity contribution in [3.8, 4) is 0 Å². The van der Waals surface area contributed by atoms with Crippen LogP contribution in [0.1, 0.15) is 41.8 Å². The molecule has 4 aromatic rings. The lowest BCUT2D eigenvalue weighted by molar-refractivity contribution is 0.0955. The van der Waals surface area contributed by atoms with Crippen LogP contribution in [-0.4, -0.2) is 37.0 Å². The van der Waals surface area contributed by atoms with Gasteiger partial charge in [-0.15, -0.1) is 0 Å². The van der Waals surface area contributed by atoms with Crippen LogP contribution in [-0.2, 0) is 6.42 Å². The zero-order chi connectivity index (χ0) is 18.1. The molecule has 26 heavy (non-hydrogen) atoms. The van der Waals surface area contributed by atoms with Crippen LogP contribution in [0, 0.1) is 0 Å². The van der Waals surface area contributed by atoms with E-state index in [0.29, 0.717) is 24.2 Å². The Morgan fingerprint density at radius 2 is 2.04 bits per heavy atom. The van der Waals surface area contributed by atoms with E-state index >= 15 is 0 Å². The maximum atomic E-state index is 12.6. The van der Waals surface area contributed by atoms with Crippen LogP contribution in [0.5, 0.6) is 0 Å². The number of hydrogen-bond donors (Lipinski definition) is 2. The Morgan fingerprint density at radius 1 is 1.19 bits per heavy atom. The molecule has 1 aromatic carbocycles. The van der Waals surface area contributed by atoms with Crippen molar-refractivity contribution < 1.29 is 4.79 Å². The molecule has 3 aromatic heterocycles. The van der Waals surface area contributed by atoms with E-state index in [1.165, 1.54) is 0 Å². The summed E-state index contributed by atoms with van der Waals surface area (Å²) in [6, 6.07) is 11.5. The third-order valence-corrected chi connectivity index (χ3v) is 4.23. The fraction of sp³-hybridized carbons (Fsp3) is 0.263. The van der Waals surface area contributed by atoms with Crippen molar-refractivity contribution in [3.05, 3.63) is 59.8 Å². The van der Waals surface area contributed by atoms with Gasteiger partial charge in [0.25, 0.3) is 5.91 Å². The maximum absolute atomic E-state index is 12.6. The summed E-state index contributed by atoms with van der Waals surface area (Å²) in [5.74, 6) is 1.63. The van der Waals surface area contributed by atoms with E-state index in [0.717, 1.165) is 22.7 Å². The molecule has 4 rings (SSSR count). The van der Waals surface area contributed by atoms with Gasteiger partial charge in [-0.3, -0.25) is 4.79 Å². The average molecular weight is 348 g/mol. The molecule has 7 nitrogen and oxygen atoms in total. The van der Waals surface area contributed by atoms with Gasteiger partial charge >= 0.3 is 0 Å². The highest BCUT2D eigenvalue weighted by Crippen LogP contribution is 2.14. The van der Waals surface area contributed by atoms with Crippen LogP contribution in [0.3, 0.4) is 0 Å². The molecule has 0 saturated carbocycles. The number of H-pyrrole nitrogens is 1. The largest absolute Gasteiger partial charge is 0.351 e.